The van der Waals surface area contributed by atoms with Gasteiger partial charge in [0.15, 0.2) is 0 Å². The van der Waals surface area contributed by atoms with Crippen LogP contribution in [0.15, 0.2) is 42.5 Å². The molecule has 2 aromatic carbocycles. The molecule has 128 valence electrons. The minimum absolute atomic E-state index is 0.0365. The van der Waals surface area contributed by atoms with Gasteiger partial charge >= 0.3 is 6.18 Å². The van der Waals surface area contributed by atoms with Crippen molar-refractivity contribution in [2.45, 2.75) is 12.6 Å². The smallest absolute Gasteiger partial charge is 0.383 e. The number of halogens is 5. The van der Waals surface area contributed by atoms with Crippen molar-refractivity contribution in [3.63, 3.8) is 0 Å². The molecule has 0 aliphatic carbocycles. The zero-order valence-electron chi connectivity index (χ0n) is 12.3. The molecule has 0 bridgehead atoms. The average Bonchev–Trinajstić information content (AvgIpc) is 2.50. The van der Waals surface area contributed by atoms with Crippen LogP contribution < -0.4 is 10.6 Å². The van der Waals surface area contributed by atoms with Gasteiger partial charge in [-0.05, 0) is 30.3 Å². The average molecular weight is 377 g/mol. The largest absolute Gasteiger partial charge is 0.417 e. The number of nitrogens with one attached hydrogen (secondary N) is 2. The van der Waals surface area contributed by atoms with Crippen LogP contribution in [0, 0.1) is 0 Å². The molecule has 8 heteroatoms. The van der Waals surface area contributed by atoms with E-state index in [1.807, 2.05) is 0 Å². The first kappa shape index (κ1) is 18.4. The molecule has 2 N–H and O–H groups in total. The van der Waals surface area contributed by atoms with Crippen LogP contribution >= 0.6 is 23.2 Å². The summed E-state index contributed by atoms with van der Waals surface area (Å²) < 4.78 is 38.3. The fourth-order valence-corrected chi connectivity index (χ4v) is 2.39. The second-order valence-corrected chi connectivity index (χ2v) is 5.71. The summed E-state index contributed by atoms with van der Waals surface area (Å²) in [6.45, 7) is 0.287. The zero-order chi connectivity index (χ0) is 17.7. The number of hydrogen-bond acceptors (Lipinski definition) is 2. The van der Waals surface area contributed by atoms with E-state index >= 15 is 0 Å². The first-order valence-electron chi connectivity index (χ1n) is 6.92. The van der Waals surface area contributed by atoms with Crippen LogP contribution in [0.3, 0.4) is 0 Å². The number of para-hydroxylation sites is 1. The number of alkyl halides is 3. The Morgan fingerprint density at radius 1 is 1.04 bits per heavy atom. The highest BCUT2D eigenvalue weighted by Crippen LogP contribution is 2.36. The van der Waals surface area contributed by atoms with Crippen molar-refractivity contribution in [2.24, 2.45) is 0 Å². The van der Waals surface area contributed by atoms with Gasteiger partial charge in [0.2, 0.25) is 5.91 Å². The summed E-state index contributed by atoms with van der Waals surface area (Å²) in [5, 5.41) is 5.50. The van der Waals surface area contributed by atoms with Crippen LogP contribution in [0.1, 0.15) is 12.0 Å². The summed E-state index contributed by atoms with van der Waals surface area (Å²) in [4.78, 5) is 11.8. The lowest BCUT2D eigenvalue weighted by molar-refractivity contribution is -0.137. The third kappa shape index (κ3) is 5.04. The fourth-order valence-electron chi connectivity index (χ4n) is 1.96. The molecular formula is C16H13Cl2F3N2O. The van der Waals surface area contributed by atoms with Crippen LogP contribution in [0.2, 0.25) is 10.0 Å². The number of rotatable bonds is 5. The van der Waals surface area contributed by atoms with E-state index in [4.69, 9.17) is 23.2 Å². The van der Waals surface area contributed by atoms with Crippen molar-refractivity contribution in [1.29, 1.82) is 0 Å². The minimum atomic E-state index is -4.58. The van der Waals surface area contributed by atoms with Gasteiger partial charge in [0, 0.05) is 18.7 Å². The first-order valence-corrected chi connectivity index (χ1v) is 7.68. The highest BCUT2D eigenvalue weighted by molar-refractivity contribution is 6.33. The molecule has 0 aromatic heterocycles. The molecule has 0 saturated heterocycles. The standard InChI is InChI=1S/C16H13Cl2F3N2O/c17-12-6-5-10(9-11(12)16(19,20)21)23-15(24)7-8-22-14-4-2-1-3-13(14)18/h1-6,9,22H,7-8H2,(H,23,24). The number of carbonyl (C=O) groups is 1. The topological polar surface area (TPSA) is 41.1 Å². The maximum atomic E-state index is 12.8. The Kier molecular flexibility index (Phi) is 5.96. The second kappa shape index (κ2) is 7.77. The molecule has 0 aliphatic rings. The minimum Gasteiger partial charge on any atom is -0.383 e. The molecule has 0 unspecified atom stereocenters. The molecule has 24 heavy (non-hydrogen) atoms. The van der Waals surface area contributed by atoms with E-state index in [-0.39, 0.29) is 18.7 Å². The van der Waals surface area contributed by atoms with Gasteiger partial charge in [0.25, 0.3) is 0 Å². The monoisotopic (exact) mass is 376 g/mol. The van der Waals surface area contributed by atoms with E-state index in [2.05, 4.69) is 10.6 Å². The summed E-state index contributed by atoms with van der Waals surface area (Å²) in [6, 6.07) is 10.3. The van der Waals surface area contributed by atoms with Crippen molar-refractivity contribution < 1.29 is 18.0 Å². The van der Waals surface area contributed by atoms with Gasteiger partial charge in [-0.1, -0.05) is 35.3 Å². The molecule has 0 aliphatic heterocycles. The van der Waals surface area contributed by atoms with Gasteiger partial charge < -0.3 is 10.6 Å². The summed E-state index contributed by atoms with van der Waals surface area (Å²) in [6.07, 6.45) is -4.52. The molecule has 2 rings (SSSR count). The van der Waals surface area contributed by atoms with Crippen LogP contribution in [0.5, 0.6) is 0 Å². The number of benzene rings is 2. The molecule has 0 heterocycles. The lowest BCUT2D eigenvalue weighted by Crippen LogP contribution is -2.17. The predicted octanol–water partition coefficient (Wildman–Crippen LogP) is 5.45. The third-order valence-electron chi connectivity index (χ3n) is 3.10. The Morgan fingerprint density at radius 3 is 2.42 bits per heavy atom. The van der Waals surface area contributed by atoms with E-state index in [0.717, 1.165) is 12.1 Å². The van der Waals surface area contributed by atoms with Crippen molar-refractivity contribution in [3.05, 3.63) is 58.1 Å². The number of amides is 1. The molecule has 1 amide bonds. The summed E-state index contributed by atoms with van der Waals surface area (Å²) in [5.41, 5.74) is -0.275. The predicted molar refractivity (Wildman–Crippen MR) is 89.6 cm³/mol. The third-order valence-corrected chi connectivity index (χ3v) is 3.76. The molecule has 3 nitrogen and oxygen atoms in total. The maximum Gasteiger partial charge on any atom is 0.417 e. The summed E-state index contributed by atoms with van der Waals surface area (Å²) >= 11 is 11.5. The lowest BCUT2D eigenvalue weighted by atomic mass is 10.2. The fraction of sp³-hybridized carbons (Fsp3) is 0.188. The number of hydrogen-bond donors (Lipinski definition) is 2. The number of anilines is 2. The van der Waals surface area contributed by atoms with Gasteiger partial charge in [-0.25, -0.2) is 0 Å². The molecule has 0 saturated carbocycles. The Labute approximate surface area is 146 Å². The Morgan fingerprint density at radius 2 is 1.75 bits per heavy atom. The van der Waals surface area contributed by atoms with Crippen molar-refractivity contribution in [2.75, 3.05) is 17.2 Å². The Bertz CT molecular complexity index is 736. The zero-order valence-corrected chi connectivity index (χ0v) is 13.8. The van der Waals surface area contributed by atoms with Gasteiger partial charge in [-0.3, -0.25) is 4.79 Å². The lowest BCUT2D eigenvalue weighted by Gasteiger charge is -2.12. The van der Waals surface area contributed by atoms with Crippen LogP contribution in [-0.4, -0.2) is 12.5 Å². The summed E-state index contributed by atoms with van der Waals surface area (Å²) in [5.74, 6) is -0.426. The molecule has 0 fully saturated rings. The quantitative estimate of drug-likeness (QED) is 0.727. The highest BCUT2D eigenvalue weighted by atomic mass is 35.5. The summed E-state index contributed by atoms with van der Waals surface area (Å²) in [7, 11) is 0. The van der Waals surface area contributed by atoms with E-state index < -0.39 is 22.7 Å². The molecule has 0 atom stereocenters. The van der Waals surface area contributed by atoms with Gasteiger partial charge in [0.05, 0.1) is 21.3 Å². The Hall–Kier alpha value is -1.92. The van der Waals surface area contributed by atoms with Gasteiger partial charge in [0.1, 0.15) is 0 Å². The van der Waals surface area contributed by atoms with Gasteiger partial charge in [-0.2, -0.15) is 13.2 Å². The van der Waals surface area contributed by atoms with Crippen molar-refractivity contribution in [3.8, 4) is 0 Å². The second-order valence-electron chi connectivity index (χ2n) is 4.90. The van der Waals surface area contributed by atoms with E-state index in [1.165, 1.54) is 6.07 Å². The van der Waals surface area contributed by atoms with Crippen LogP contribution in [0.4, 0.5) is 24.5 Å². The molecule has 2 aromatic rings. The normalized spacial score (nSPS) is 11.2. The SMILES string of the molecule is O=C(CCNc1ccccc1Cl)Nc1ccc(Cl)c(C(F)(F)F)c1. The van der Waals surface area contributed by atoms with Crippen LogP contribution in [0.25, 0.3) is 0 Å². The molecule has 0 radical (unpaired) electrons. The molecular weight excluding hydrogens is 364 g/mol. The van der Waals surface area contributed by atoms with Crippen molar-refractivity contribution >= 4 is 40.5 Å². The van der Waals surface area contributed by atoms with E-state index in [0.29, 0.717) is 10.7 Å². The first-order chi connectivity index (χ1) is 11.3. The number of carbonyl (C=O) groups excluding carboxylic acids is 1. The van der Waals surface area contributed by atoms with E-state index in [9.17, 15) is 18.0 Å². The maximum absolute atomic E-state index is 12.8. The van der Waals surface area contributed by atoms with Crippen LogP contribution in [-0.2, 0) is 11.0 Å². The highest BCUT2D eigenvalue weighted by Gasteiger charge is 2.33. The van der Waals surface area contributed by atoms with Gasteiger partial charge in [-0.15, -0.1) is 0 Å². The molecule has 0 spiro atoms. The van der Waals surface area contributed by atoms with Crippen molar-refractivity contribution in [1.82, 2.24) is 0 Å². The van der Waals surface area contributed by atoms with E-state index in [1.54, 1.807) is 24.3 Å². The Balaban J connectivity index is 1.92.